The fourth-order valence-corrected chi connectivity index (χ4v) is 9.97. The summed E-state index contributed by atoms with van der Waals surface area (Å²) in [4.78, 5) is 82.0. The smallest absolute Gasteiger partial charge is 0.412 e. The summed E-state index contributed by atoms with van der Waals surface area (Å²) in [6.07, 6.45) is -7.50. The first-order valence-electron chi connectivity index (χ1n) is 24.9. The highest BCUT2D eigenvalue weighted by atomic mass is 31.2. The number of anilines is 1. The van der Waals surface area contributed by atoms with Gasteiger partial charge in [0.05, 0.1) is 12.7 Å². The molecule has 1 amide bonds. The van der Waals surface area contributed by atoms with Gasteiger partial charge in [-0.3, -0.25) is 43.2 Å². The van der Waals surface area contributed by atoms with E-state index in [1.165, 1.54) is 28.6 Å². The predicted molar refractivity (Wildman–Crippen MR) is 278 cm³/mol. The van der Waals surface area contributed by atoms with E-state index < -0.39 is 115 Å². The Kier molecular flexibility index (Phi) is 19.9. The van der Waals surface area contributed by atoms with Gasteiger partial charge in [0.15, 0.2) is 12.4 Å². The molecular formula is C48H77N6O17PSi2. The van der Waals surface area contributed by atoms with Crippen molar-refractivity contribution in [3.63, 3.8) is 0 Å². The molecule has 23 nitrogen and oxygen atoms in total. The Morgan fingerprint density at radius 3 is 1.84 bits per heavy atom. The summed E-state index contributed by atoms with van der Waals surface area (Å²) in [6.45, 7) is 27.4. The van der Waals surface area contributed by atoms with E-state index >= 15 is 0 Å². The van der Waals surface area contributed by atoms with Crippen molar-refractivity contribution in [3.8, 4) is 0 Å². The molecule has 3 aliphatic heterocycles. The molecule has 4 N–H and O–H groups in total. The molecule has 0 spiro atoms. The molecule has 2 aromatic heterocycles. The van der Waals surface area contributed by atoms with Crippen molar-refractivity contribution >= 4 is 37.0 Å². The molecule has 6 rings (SSSR count). The molecule has 3 aliphatic rings. The number of aromatic nitrogens is 4. The van der Waals surface area contributed by atoms with E-state index in [1.807, 2.05) is 46.1 Å². The van der Waals surface area contributed by atoms with Crippen LogP contribution in [0.15, 0.2) is 61.9 Å². The van der Waals surface area contributed by atoms with E-state index in [-0.39, 0.29) is 54.3 Å². The molecule has 4 unspecified atom stereocenters. The van der Waals surface area contributed by atoms with E-state index in [0.717, 1.165) is 0 Å². The van der Waals surface area contributed by atoms with Gasteiger partial charge in [0.1, 0.15) is 49.6 Å². The van der Waals surface area contributed by atoms with Crippen LogP contribution in [0.5, 0.6) is 0 Å². The Hall–Kier alpha value is -3.77. The summed E-state index contributed by atoms with van der Waals surface area (Å²) in [5.41, 5.74) is -1.39. The second-order valence-electron chi connectivity index (χ2n) is 22.2. The number of hydrogen-bond acceptors (Lipinski definition) is 18. The monoisotopic (exact) mass is 1100 g/mol. The highest BCUT2D eigenvalue weighted by molar-refractivity contribution is 7.41. The third-order valence-electron chi connectivity index (χ3n) is 14.0. The number of aryl methyl sites for hydroxylation is 2. The minimum atomic E-state index is -2.59. The second kappa shape index (κ2) is 24.7. The van der Waals surface area contributed by atoms with Gasteiger partial charge in [0.25, 0.3) is 11.1 Å². The van der Waals surface area contributed by atoms with Gasteiger partial charge in [-0.1, -0.05) is 73.6 Å². The highest BCUT2D eigenvalue weighted by Gasteiger charge is 2.52. The average molecular weight is 1100 g/mol. The summed E-state index contributed by atoms with van der Waals surface area (Å²) in [6, 6.07) is 8.77. The van der Waals surface area contributed by atoms with Crippen LogP contribution in [0, 0.1) is 13.8 Å². The van der Waals surface area contributed by atoms with E-state index in [1.54, 1.807) is 38.1 Å². The van der Waals surface area contributed by atoms with Gasteiger partial charge in [-0.15, -0.1) is 0 Å². The Morgan fingerprint density at radius 2 is 1.30 bits per heavy atom. The third-order valence-corrected chi connectivity index (χ3v) is 23.5. The number of nitrogens with zero attached hydrogens (tertiary/aromatic N) is 2. The van der Waals surface area contributed by atoms with Crippen LogP contribution in [0.3, 0.4) is 0 Å². The zero-order valence-corrected chi connectivity index (χ0v) is 48.1. The standard InChI is InChI=1S/C48H77N6O17PSi2/c1-28(2)49-23-34-39(40(43(60-11)65-34)66-46(59)50-31-19-17-16-18-20-31)69-72(62-27-36-32(67-71-74(14,15)48(8,9)10)21-37(64-36)53-24-29(3)41(55)51-44(53)57)68-33-22-38(54-25-30(4)42(56)52-45(54)58)63-35(33)26-61-70-73(12,13)47(5,6)7/h16-20,24-25,28,32-40,43,49H,21-23,26-27H2,1-15H3,(H,50,59)(H,51,55,57)(H,52,56,58)/t32-,33?,34?,35+,36+,37+,38?,39-,40+,43-,72?/m0/s1. The van der Waals surface area contributed by atoms with Gasteiger partial charge in [0.2, 0.25) is 16.6 Å². The number of methoxy groups -OCH3 is 1. The Morgan fingerprint density at radius 1 is 0.757 bits per heavy atom. The number of aromatic amines is 2. The molecule has 11 atom stereocenters. The lowest BCUT2D eigenvalue weighted by molar-refractivity contribution is -0.268. The maximum absolute atomic E-state index is 13.6. The summed E-state index contributed by atoms with van der Waals surface area (Å²) < 4.78 is 66.7. The molecule has 5 heterocycles. The van der Waals surface area contributed by atoms with Crippen LogP contribution < -0.4 is 33.1 Å². The van der Waals surface area contributed by atoms with Gasteiger partial charge in [-0.05, 0) is 62.2 Å². The topological polar surface area (TPSA) is 262 Å². The summed E-state index contributed by atoms with van der Waals surface area (Å²) >= 11 is 0. The number of ether oxygens (including phenoxy) is 5. The van der Waals surface area contributed by atoms with Crippen LogP contribution in [0.4, 0.5) is 10.5 Å². The number of rotatable bonds is 22. The first kappa shape index (κ1) is 59.5. The number of H-pyrrole nitrogens is 2. The van der Waals surface area contributed by atoms with Crippen molar-refractivity contribution in [2.24, 2.45) is 0 Å². The molecule has 0 radical (unpaired) electrons. The first-order valence-corrected chi connectivity index (χ1v) is 31.8. The molecule has 0 saturated carbocycles. The van der Waals surface area contributed by atoms with Crippen LogP contribution in [-0.4, -0.2) is 124 Å². The van der Waals surface area contributed by atoms with E-state index in [9.17, 15) is 24.0 Å². The van der Waals surface area contributed by atoms with Crippen LogP contribution in [-0.2, 0) is 56.2 Å². The molecule has 1 aromatic carbocycles. The quantitative estimate of drug-likeness (QED) is 0.0360. The Labute approximate surface area is 434 Å². The highest BCUT2D eigenvalue weighted by Crippen LogP contribution is 2.50. The van der Waals surface area contributed by atoms with E-state index in [4.69, 9.17) is 56.2 Å². The van der Waals surface area contributed by atoms with Crippen LogP contribution in [0.2, 0.25) is 36.3 Å². The average Bonchev–Trinajstić information content (AvgIpc) is 4.00. The maximum Gasteiger partial charge on any atom is 0.412 e. The van der Waals surface area contributed by atoms with Crippen molar-refractivity contribution < 1.29 is 61.0 Å². The summed E-state index contributed by atoms with van der Waals surface area (Å²) in [5.74, 6) is 0. The molecule has 414 valence electrons. The molecule has 3 fully saturated rings. The number of amides is 1. The zero-order chi connectivity index (χ0) is 54.5. The zero-order valence-electron chi connectivity index (χ0n) is 45.2. The molecule has 0 aliphatic carbocycles. The molecule has 3 saturated heterocycles. The van der Waals surface area contributed by atoms with Gasteiger partial charge in [0, 0.05) is 61.7 Å². The van der Waals surface area contributed by atoms with Crippen LogP contribution >= 0.6 is 8.60 Å². The number of nitrogens with one attached hydrogen (secondary N) is 4. The molecular weight excluding hydrogens is 1020 g/mol. The second-order valence-corrected chi connectivity index (χ2v) is 32.7. The van der Waals surface area contributed by atoms with Crippen molar-refractivity contribution in [1.29, 1.82) is 0 Å². The van der Waals surface area contributed by atoms with Crippen molar-refractivity contribution in [2.75, 3.05) is 32.2 Å². The van der Waals surface area contributed by atoms with Gasteiger partial charge in [-0.25, -0.2) is 24.2 Å². The van der Waals surface area contributed by atoms with Gasteiger partial charge < -0.3 is 42.6 Å². The van der Waals surface area contributed by atoms with Gasteiger partial charge >= 0.3 is 26.1 Å². The lowest BCUT2D eigenvalue weighted by Crippen LogP contribution is -2.44. The van der Waals surface area contributed by atoms with Crippen LogP contribution in [0.1, 0.15) is 91.8 Å². The maximum atomic E-state index is 13.6. The summed E-state index contributed by atoms with van der Waals surface area (Å²) in [7, 11) is -6.15. The van der Waals surface area contributed by atoms with Crippen LogP contribution in [0.25, 0.3) is 0 Å². The number of benzene rings is 1. The molecule has 0 bridgehead atoms. The first-order chi connectivity index (χ1) is 34.6. The minimum absolute atomic E-state index is 0.00844. The number of carbonyl (C=O) groups excluding carboxylic acids is 1. The summed E-state index contributed by atoms with van der Waals surface area (Å²) in [5, 5.41) is 5.67. The lowest BCUT2D eigenvalue weighted by atomic mass is 10.1. The Bertz CT molecular complexity index is 2580. The lowest BCUT2D eigenvalue weighted by Gasteiger charge is -2.35. The Balaban J connectivity index is 1.38. The number of para-hydroxylation sites is 1. The largest absolute Gasteiger partial charge is 0.438 e. The van der Waals surface area contributed by atoms with E-state index in [0.29, 0.717) is 11.3 Å². The van der Waals surface area contributed by atoms with Gasteiger partial charge in [-0.2, -0.15) is 0 Å². The van der Waals surface area contributed by atoms with Crippen molar-refractivity contribution in [3.05, 3.63) is 95.5 Å². The normalized spacial score (nSPS) is 26.2. The molecule has 3 aromatic rings. The fraction of sp³-hybridized carbons (Fsp3) is 0.688. The number of carbonyl (C=O) groups is 1. The number of hydrogen-bond donors (Lipinski definition) is 4. The van der Waals surface area contributed by atoms with Crippen molar-refractivity contribution in [2.45, 2.75) is 186 Å². The minimum Gasteiger partial charge on any atom is -0.438 e. The van der Waals surface area contributed by atoms with Crippen molar-refractivity contribution in [1.82, 2.24) is 24.4 Å². The third kappa shape index (κ3) is 15.0. The fourth-order valence-electron chi connectivity index (χ4n) is 7.41. The SMILES string of the molecule is CO[C@H]1OC(CNC(C)C)[C@H](OP(OC[C@H]2O[C@@H](n3cc(C)c(=O)[nH]c3=O)C[C@@H]2OO[Si](C)(C)C(C)(C)C)OC2CC(n3cc(C)c(=O)[nH]c3=O)O[C@@H]2COO[Si](C)(C)C(C)(C)C)[C@H]1OC(=O)Nc1ccccc1. The van der Waals surface area contributed by atoms with E-state index in [2.05, 4.69) is 62.1 Å². The predicted octanol–water partition coefficient (Wildman–Crippen LogP) is 6.55. The molecule has 74 heavy (non-hydrogen) atoms. The molecule has 26 heteroatoms.